The van der Waals surface area contributed by atoms with Crippen LogP contribution in [0.5, 0.6) is 0 Å². The van der Waals surface area contributed by atoms with Gasteiger partial charge in [-0.2, -0.15) is 0 Å². The molecule has 1 aromatic carbocycles. The summed E-state index contributed by atoms with van der Waals surface area (Å²) in [5, 5.41) is 3.46. The molecule has 0 radical (unpaired) electrons. The molecular formula is C13H16Cl2N4O. The van der Waals surface area contributed by atoms with Gasteiger partial charge >= 0.3 is 6.03 Å². The van der Waals surface area contributed by atoms with E-state index in [-0.39, 0.29) is 6.03 Å². The van der Waals surface area contributed by atoms with Crippen LogP contribution in [0.15, 0.2) is 18.2 Å². The van der Waals surface area contributed by atoms with E-state index in [4.69, 9.17) is 23.2 Å². The molecule has 0 fully saturated rings. The van der Waals surface area contributed by atoms with Crippen LogP contribution >= 0.6 is 23.2 Å². The molecule has 0 aliphatic rings. The summed E-state index contributed by atoms with van der Waals surface area (Å²) in [6, 6.07) is 5.39. The summed E-state index contributed by atoms with van der Waals surface area (Å²) in [6.45, 7) is 1.09. The number of hydrogen-bond donors (Lipinski definition) is 1. The summed E-state index contributed by atoms with van der Waals surface area (Å²) >= 11 is 11.9. The highest BCUT2D eigenvalue weighted by Gasteiger charge is 2.11. The number of nitrogens with one attached hydrogen (secondary N) is 1. The molecule has 20 heavy (non-hydrogen) atoms. The van der Waals surface area contributed by atoms with Gasteiger partial charge in [0.05, 0.1) is 16.9 Å². The van der Waals surface area contributed by atoms with E-state index in [1.807, 2.05) is 16.7 Å². The molecule has 0 saturated heterocycles. The Hall–Kier alpha value is -1.46. The first-order valence-corrected chi connectivity index (χ1v) is 7.10. The standard InChI is InChI=1S/C13H16Cl2N4O/c1-18(2)13(20)16-5-6-19-11-7-9(15)3-4-10(11)17-12(19)8-14/h3-4,7H,5-6,8H2,1-2H3,(H,16,20). The summed E-state index contributed by atoms with van der Waals surface area (Å²) in [4.78, 5) is 17.4. The molecule has 0 aliphatic carbocycles. The number of carbonyl (C=O) groups is 1. The smallest absolute Gasteiger partial charge is 0.316 e. The van der Waals surface area contributed by atoms with Crippen LogP contribution in [0.3, 0.4) is 0 Å². The predicted molar refractivity (Wildman–Crippen MR) is 81.4 cm³/mol. The number of amides is 2. The maximum absolute atomic E-state index is 11.5. The minimum Gasteiger partial charge on any atom is -0.336 e. The van der Waals surface area contributed by atoms with Gasteiger partial charge in [0.25, 0.3) is 0 Å². The number of rotatable bonds is 4. The molecule has 1 aromatic heterocycles. The van der Waals surface area contributed by atoms with Crippen LogP contribution in [0, 0.1) is 0 Å². The second-order valence-electron chi connectivity index (χ2n) is 4.57. The Morgan fingerprint density at radius 1 is 1.45 bits per heavy atom. The fraction of sp³-hybridized carbons (Fsp3) is 0.385. The molecule has 7 heteroatoms. The van der Waals surface area contributed by atoms with Crippen molar-refractivity contribution in [3.63, 3.8) is 0 Å². The third-order valence-electron chi connectivity index (χ3n) is 2.93. The molecule has 2 amide bonds. The van der Waals surface area contributed by atoms with Crippen molar-refractivity contribution in [3.8, 4) is 0 Å². The highest BCUT2D eigenvalue weighted by atomic mass is 35.5. The van der Waals surface area contributed by atoms with Gasteiger partial charge < -0.3 is 14.8 Å². The van der Waals surface area contributed by atoms with Crippen LogP contribution in [-0.4, -0.2) is 41.1 Å². The second kappa shape index (κ2) is 6.33. The van der Waals surface area contributed by atoms with Crippen LogP contribution in [0.25, 0.3) is 11.0 Å². The fourth-order valence-corrected chi connectivity index (χ4v) is 2.30. The van der Waals surface area contributed by atoms with Crippen LogP contribution in [0.1, 0.15) is 5.82 Å². The summed E-state index contributed by atoms with van der Waals surface area (Å²) < 4.78 is 1.98. The lowest BCUT2D eigenvalue weighted by Gasteiger charge is -2.13. The number of carbonyl (C=O) groups excluding carboxylic acids is 1. The van der Waals surface area contributed by atoms with Gasteiger partial charge in [0.15, 0.2) is 0 Å². The van der Waals surface area contributed by atoms with Gasteiger partial charge in [0.1, 0.15) is 5.82 Å². The van der Waals surface area contributed by atoms with Gasteiger partial charge in [0, 0.05) is 32.2 Å². The van der Waals surface area contributed by atoms with Gasteiger partial charge in [-0.05, 0) is 18.2 Å². The number of imidazole rings is 1. The normalized spacial score (nSPS) is 10.8. The molecule has 2 rings (SSSR count). The van der Waals surface area contributed by atoms with Crippen LogP contribution < -0.4 is 5.32 Å². The lowest BCUT2D eigenvalue weighted by molar-refractivity contribution is 0.217. The summed E-state index contributed by atoms with van der Waals surface area (Å²) in [7, 11) is 3.40. The highest BCUT2D eigenvalue weighted by Crippen LogP contribution is 2.21. The van der Waals surface area contributed by atoms with Crippen molar-refractivity contribution in [1.82, 2.24) is 19.8 Å². The Bertz CT molecular complexity index is 624. The Kier molecular flexibility index (Phi) is 4.73. The van der Waals surface area contributed by atoms with Gasteiger partial charge in [-0.1, -0.05) is 11.6 Å². The number of benzene rings is 1. The predicted octanol–water partition coefficient (Wildman–Crippen LogP) is 2.70. The molecule has 5 nitrogen and oxygen atoms in total. The average molecular weight is 315 g/mol. The first kappa shape index (κ1) is 14.9. The molecule has 0 unspecified atom stereocenters. The Labute approximate surface area is 127 Å². The van der Waals surface area contributed by atoms with Crippen molar-refractivity contribution in [1.29, 1.82) is 0 Å². The topological polar surface area (TPSA) is 50.2 Å². The Balaban J connectivity index is 2.19. The lowest BCUT2D eigenvalue weighted by atomic mass is 10.3. The van der Waals surface area contributed by atoms with Crippen molar-refractivity contribution < 1.29 is 4.79 Å². The second-order valence-corrected chi connectivity index (χ2v) is 5.28. The lowest BCUT2D eigenvalue weighted by Crippen LogP contribution is -2.36. The number of hydrogen-bond acceptors (Lipinski definition) is 2. The van der Waals surface area contributed by atoms with E-state index in [2.05, 4.69) is 10.3 Å². The third-order valence-corrected chi connectivity index (χ3v) is 3.40. The first-order valence-electron chi connectivity index (χ1n) is 6.18. The molecule has 0 saturated carbocycles. The van der Waals surface area contributed by atoms with E-state index in [0.29, 0.717) is 24.0 Å². The summed E-state index contributed by atoms with van der Waals surface area (Å²) in [5.74, 6) is 1.08. The minimum absolute atomic E-state index is 0.125. The van der Waals surface area contributed by atoms with Gasteiger partial charge in [0.2, 0.25) is 0 Å². The zero-order valence-electron chi connectivity index (χ0n) is 11.4. The monoisotopic (exact) mass is 314 g/mol. The molecule has 2 aromatic rings. The Morgan fingerprint density at radius 2 is 2.20 bits per heavy atom. The molecule has 0 bridgehead atoms. The largest absolute Gasteiger partial charge is 0.336 e. The molecule has 0 atom stereocenters. The number of urea groups is 1. The summed E-state index contributed by atoms with van der Waals surface area (Å²) in [5.41, 5.74) is 1.77. The van der Waals surface area contributed by atoms with Crippen molar-refractivity contribution >= 4 is 40.3 Å². The van der Waals surface area contributed by atoms with Crippen molar-refractivity contribution in [2.24, 2.45) is 0 Å². The van der Waals surface area contributed by atoms with E-state index in [0.717, 1.165) is 16.9 Å². The van der Waals surface area contributed by atoms with Crippen LogP contribution in [0.2, 0.25) is 5.02 Å². The zero-order chi connectivity index (χ0) is 14.7. The first-order chi connectivity index (χ1) is 9.52. The van der Waals surface area contributed by atoms with E-state index < -0.39 is 0 Å². The quantitative estimate of drug-likeness (QED) is 0.882. The number of halogens is 2. The van der Waals surface area contributed by atoms with Gasteiger partial charge in [-0.3, -0.25) is 0 Å². The van der Waals surface area contributed by atoms with Crippen molar-refractivity contribution in [2.45, 2.75) is 12.4 Å². The molecule has 108 valence electrons. The SMILES string of the molecule is CN(C)C(=O)NCCn1c(CCl)nc2ccc(Cl)cc21. The number of fused-ring (bicyclic) bond motifs is 1. The van der Waals surface area contributed by atoms with E-state index >= 15 is 0 Å². The molecule has 0 aliphatic heterocycles. The number of aromatic nitrogens is 2. The minimum atomic E-state index is -0.125. The number of nitrogens with zero attached hydrogens (tertiary/aromatic N) is 3. The Morgan fingerprint density at radius 3 is 2.85 bits per heavy atom. The molecule has 1 N–H and O–H groups in total. The molecule has 1 heterocycles. The molecular weight excluding hydrogens is 299 g/mol. The average Bonchev–Trinajstić information content (AvgIpc) is 2.76. The van der Waals surface area contributed by atoms with Gasteiger partial charge in [-0.25, -0.2) is 9.78 Å². The van der Waals surface area contributed by atoms with Crippen molar-refractivity contribution in [3.05, 3.63) is 29.0 Å². The molecule has 0 spiro atoms. The number of alkyl halides is 1. The van der Waals surface area contributed by atoms with Crippen LogP contribution in [-0.2, 0) is 12.4 Å². The van der Waals surface area contributed by atoms with Gasteiger partial charge in [-0.15, -0.1) is 11.6 Å². The van der Waals surface area contributed by atoms with E-state index in [9.17, 15) is 4.79 Å². The van der Waals surface area contributed by atoms with E-state index in [1.165, 1.54) is 4.90 Å². The maximum Gasteiger partial charge on any atom is 0.316 e. The zero-order valence-corrected chi connectivity index (χ0v) is 12.9. The fourth-order valence-electron chi connectivity index (χ4n) is 1.93. The highest BCUT2D eigenvalue weighted by molar-refractivity contribution is 6.31. The van der Waals surface area contributed by atoms with Crippen molar-refractivity contribution in [2.75, 3.05) is 20.6 Å². The van der Waals surface area contributed by atoms with Crippen LogP contribution in [0.4, 0.5) is 4.79 Å². The maximum atomic E-state index is 11.5. The summed E-state index contributed by atoms with van der Waals surface area (Å²) in [6.07, 6.45) is 0. The third kappa shape index (κ3) is 3.16. The van der Waals surface area contributed by atoms with E-state index in [1.54, 1.807) is 20.2 Å².